The van der Waals surface area contributed by atoms with Crippen molar-refractivity contribution in [2.24, 2.45) is 11.8 Å². The van der Waals surface area contributed by atoms with Gasteiger partial charge < -0.3 is 0 Å². The van der Waals surface area contributed by atoms with Gasteiger partial charge in [-0.25, -0.2) is 4.90 Å². The molecule has 4 heteroatoms. The summed E-state index contributed by atoms with van der Waals surface area (Å²) in [5.74, 6) is -0.600. The minimum Gasteiger partial charge on any atom is -0.295 e. The molecule has 3 fully saturated rings. The van der Waals surface area contributed by atoms with Gasteiger partial charge >= 0.3 is 0 Å². The lowest BCUT2D eigenvalue weighted by Crippen LogP contribution is -2.45. The third kappa shape index (κ3) is 2.86. The predicted octanol–water partition coefficient (Wildman–Crippen LogP) is 4.47. The zero-order valence-corrected chi connectivity index (χ0v) is 17.9. The molecule has 0 N–H and O–H groups in total. The van der Waals surface area contributed by atoms with Crippen LogP contribution in [0, 0.1) is 11.8 Å². The highest BCUT2D eigenvalue weighted by Crippen LogP contribution is 2.52. The van der Waals surface area contributed by atoms with Gasteiger partial charge in [-0.1, -0.05) is 78.9 Å². The van der Waals surface area contributed by atoms with Crippen LogP contribution < -0.4 is 4.90 Å². The fourth-order valence-corrected chi connectivity index (χ4v) is 6.39. The Hall–Kier alpha value is -3.24. The summed E-state index contributed by atoms with van der Waals surface area (Å²) in [7, 11) is 0. The van der Waals surface area contributed by atoms with E-state index in [9.17, 15) is 9.59 Å². The van der Waals surface area contributed by atoms with Gasteiger partial charge in [-0.3, -0.25) is 14.5 Å². The Balaban J connectivity index is 1.49. The number of anilines is 1. The van der Waals surface area contributed by atoms with E-state index in [1.807, 2.05) is 42.5 Å². The Morgan fingerprint density at radius 1 is 0.688 bits per heavy atom. The highest BCUT2D eigenvalue weighted by atomic mass is 16.2. The molecule has 3 aromatic carbocycles. The number of carbonyl (C=O) groups excluding carboxylic acids is 2. The van der Waals surface area contributed by atoms with E-state index in [-0.39, 0.29) is 41.7 Å². The summed E-state index contributed by atoms with van der Waals surface area (Å²) >= 11 is 0. The number of fused-ring (bicyclic) bond motifs is 3. The summed E-state index contributed by atoms with van der Waals surface area (Å²) in [5, 5.41) is 0. The first-order valence-electron chi connectivity index (χ1n) is 11.5. The quantitative estimate of drug-likeness (QED) is 0.583. The van der Waals surface area contributed by atoms with Crippen molar-refractivity contribution in [2.75, 3.05) is 11.4 Å². The Morgan fingerprint density at radius 3 is 1.81 bits per heavy atom. The van der Waals surface area contributed by atoms with Crippen molar-refractivity contribution >= 4 is 17.5 Å². The first-order valence-corrected chi connectivity index (χ1v) is 11.5. The zero-order valence-electron chi connectivity index (χ0n) is 17.9. The number of nitrogens with zero attached hydrogens (tertiary/aromatic N) is 2. The number of imide groups is 1. The van der Waals surface area contributed by atoms with Crippen molar-refractivity contribution in [2.45, 2.75) is 30.8 Å². The lowest BCUT2D eigenvalue weighted by atomic mass is 9.77. The zero-order chi connectivity index (χ0) is 21.7. The molecule has 6 rings (SSSR count). The smallest absolute Gasteiger partial charge is 0.239 e. The predicted molar refractivity (Wildman–Crippen MR) is 124 cm³/mol. The lowest BCUT2D eigenvalue weighted by Gasteiger charge is -2.35. The van der Waals surface area contributed by atoms with Crippen LogP contribution in [-0.2, 0) is 9.59 Å². The summed E-state index contributed by atoms with van der Waals surface area (Å²) in [6.07, 6.45) is 2.06. The van der Waals surface area contributed by atoms with Crippen LogP contribution in [0.2, 0.25) is 0 Å². The molecule has 0 aromatic heterocycles. The largest absolute Gasteiger partial charge is 0.295 e. The Labute approximate surface area is 188 Å². The number of rotatable bonds is 4. The van der Waals surface area contributed by atoms with Crippen LogP contribution in [0.1, 0.15) is 29.9 Å². The van der Waals surface area contributed by atoms with Crippen molar-refractivity contribution in [3.8, 4) is 0 Å². The van der Waals surface area contributed by atoms with Crippen LogP contribution >= 0.6 is 0 Å². The molecule has 3 aliphatic heterocycles. The van der Waals surface area contributed by atoms with Gasteiger partial charge in [0.1, 0.15) is 0 Å². The van der Waals surface area contributed by atoms with E-state index < -0.39 is 0 Å². The first-order chi connectivity index (χ1) is 15.8. The molecule has 4 atom stereocenters. The summed E-state index contributed by atoms with van der Waals surface area (Å²) in [5.41, 5.74) is 3.10. The molecule has 2 amide bonds. The summed E-state index contributed by atoms with van der Waals surface area (Å²) in [6, 6.07) is 30.5. The standard InChI is InChI=1S/C28H26N2O2/c31-27-24-22-17-10-18-29(22)26(25(24)28(32)30(27)21-15-8-3-9-16-21)23(19-11-4-1-5-12-19)20-13-6-2-7-14-20/h1-9,11-16,22-26H,10,17-18H2/t22-,24+,25+,26-/m1/s1. The topological polar surface area (TPSA) is 40.6 Å². The van der Waals surface area contributed by atoms with Crippen LogP contribution in [0.15, 0.2) is 91.0 Å². The number of hydrogen-bond acceptors (Lipinski definition) is 3. The van der Waals surface area contributed by atoms with Crippen molar-refractivity contribution in [1.82, 2.24) is 4.90 Å². The van der Waals surface area contributed by atoms with Crippen LogP contribution in [0.5, 0.6) is 0 Å². The maximum atomic E-state index is 13.9. The fourth-order valence-electron chi connectivity index (χ4n) is 6.39. The molecule has 0 spiro atoms. The number of hydrogen-bond donors (Lipinski definition) is 0. The Morgan fingerprint density at radius 2 is 1.22 bits per heavy atom. The van der Waals surface area contributed by atoms with Crippen LogP contribution in [0.25, 0.3) is 0 Å². The van der Waals surface area contributed by atoms with Crippen molar-refractivity contribution in [1.29, 1.82) is 0 Å². The molecule has 4 nitrogen and oxygen atoms in total. The molecular formula is C28H26N2O2. The van der Waals surface area contributed by atoms with Gasteiger partial charge in [0.15, 0.2) is 0 Å². The molecular weight excluding hydrogens is 396 g/mol. The van der Waals surface area contributed by atoms with E-state index >= 15 is 0 Å². The van der Waals surface area contributed by atoms with Crippen molar-refractivity contribution in [3.63, 3.8) is 0 Å². The number of benzene rings is 3. The summed E-state index contributed by atoms with van der Waals surface area (Å²) < 4.78 is 0. The monoisotopic (exact) mass is 422 g/mol. The average Bonchev–Trinajstić information content (AvgIpc) is 3.49. The molecule has 0 aliphatic carbocycles. The fraction of sp³-hybridized carbons (Fsp3) is 0.286. The molecule has 32 heavy (non-hydrogen) atoms. The number of amides is 2. The SMILES string of the molecule is O=C1[C@@H]2[C@H](C(=O)N1c1ccccc1)[C@@H](C(c1ccccc1)c1ccccc1)N1CCC[C@H]21. The maximum Gasteiger partial charge on any atom is 0.239 e. The normalized spacial score (nSPS) is 27.2. The second-order valence-electron chi connectivity index (χ2n) is 9.14. The van der Waals surface area contributed by atoms with Crippen LogP contribution in [0.4, 0.5) is 5.69 Å². The van der Waals surface area contributed by atoms with Gasteiger partial charge in [0.2, 0.25) is 11.8 Å². The van der Waals surface area contributed by atoms with Gasteiger partial charge in [-0.15, -0.1) is 0 Å². The Bertz CT molecular complexity index is 1090. The third-order valence-electron chi connectivity index (χ3n) is 7.58. The van der Waals surface area contributed by atoms with E-state index in [0.717, 1.165) is 19.4 Å². The number of carbonyl (C=O) groups is 2. The van der Waals surface area contributed by atoms with Gasteiger partial charge in [0.25, 0.3) is 0 Å². The second-order valence-corrected chi connectivity index (χ2v) is 9.14. The Kier molecular flexibility index (Phi) is 4.69. The van der Waals surface area contributed by atoms with E-state index in [1.54, 1.807) is 0 Å². The van der Waals surface area contributed by atoms with E-state index in [0.29, 0.717) is 5.69 Å². The average molecular weight is 423 g/mol. The third-order valence-corrected chi connectivity index (χ3v) is 7.58. The molecule has 0 unspecified atom stereocenters. The van der Waals surface area contributed by atoms with Gasteiger partial charge in [0.05, 0.1) is 17.5 Å². The molecule has 0 radical (unpaired) electrons. The maximum absolute atomic E-state index is 13.9. The van der Waals surface area contributed by atoms with Crippen molar-refractivity contribution < 1.29 is 9.59 Å². The second kappa shape index (κ2) is 7.72. The van der Waals surface area contributed by atoms with E-state index in [2.05, 4.69) is 53.4 Å². The van der Waals surface area contributed by atoms with E-state index in [1.165, 1.54) is 16.0 Å². The molecule has 160 valence electrons. The summed E-state index contributed by atoms with van der Waals surface area (Å²) in [4.78, 5) is 31.5. The van der Waals surface area contributed by atoms with Gasteiger partial charge in [-0.05, 0) is 42.6 Å². The van der Waals surface area contributed by atoms with Crippen molar-refractivity contribution in [3.05, 3.63) is 102 Å². The van der Waals surface area contributed by atoms with Gasteiger partial charge in [0, 0.05) is 18.0 Å². The first kappa shape index (κ1) is 19.4. The molecule has 3 saturated heterocycles. The summed E-state index contributed by atoms with van der Waals surface area (Å²) in [6.45, 7) is 0.949. The molecule has 0 saturated carbocycles. The molecule has 3 aromatic rings. The lowest BCUT2D eigenvalue weighted by molar-refractivity contribution is -0.123. The number of para-hydroxylation sites is 1. The van der Waals surface area contributed by atoms with Crippen LogP contribution in [-0.4, -0.2) is 35.3 Å². The highest BCUT2D eigenvalue weighted by molar-refractivity contribution is 6.23. The van der Waals surface area contributed by atoms with E-state index in [4.69, 9.17) is 0 Å². The van der Waals surface area contributed by atoms with Crippen LogP contribution in [0.3, 0.4) is 0 Å². The highest BCUT2D eigenvalue weighted by Gasteiger charge is 2.64. The minimum atomic E-state index is -0.321. The molecule has 3 heterocycles. The van der Waals surface area contributed by atoms with Gasteiger partial charge in [-0.2, -0.15) is 0 Å². The molecule has 3 aliphatic rings. The minimum absolute atomic E-state index is 0.0227. The molecule has 0 bridgehead atoms.